The van der Waals surface area contributed by atoms with Crippen LogP contribution in [0.5, 0.6) is 0 Å². The summed E-state index contributed by atoms with van der Waals surface area (Å²) in [4.78, 5) is 28.6. The highest BCUT2D eigenvalue weighted by atomic mass is 16.2. The highest BCUT2D eigenvalue weighted by molar-refractivity contribution is 5.92. The maximum atomic E-state index is 12.0. The molecule has 0 saturated carbocycles. The van der Waals surface area contributed by atoms with Crippen molar-refractivity contribution in [1.82, 2.24) is 15.2 Å². The molecule has 2 heterocycles. The molecule has 22 heavy (non-hydrogen) atoms. The van der Waals surface area contributed by atoms with E-state index in [1.54, 1.807) is 6.07 Å². The second kappa shape index (κ2) is 7.12. The smallest absolute Gasteiger partial charge is 0.267 e. The Labute approximate surface area is 130 Å². The molecule has 1 aliphatic heterocycles. The maximum Gasteiger partial charge on any atom is 0.267 e. The van der Waals surface area contributed by atoms with E-state index >= 15 is 0 Å². The zero-order chi connectivity index (χ0) is 16.1. The first kappa shape index (κ1) is 16.1. The Kier molecular flexibility index (Phi) is 5.21. The van der Waals surface area contributed by atoms with Gasteiger partial charge in [0.25, 0.3) is 5.91 Å². The average molecular weight is 302 g/mol. The van der Waals surface area contributed by atoms with Gasteiger partial charge in [-0.1, -0.05) is 13.8 Å². The Morgan fingerprint density at radius 3 is 2.68 bits per heavy atom. The lowest BCUT2D eigenvalue weighted by molar-refractivity contribution is -0.135. The molecule has 6 heteroatoms. The average Bonchev–Trinajstić information content (AvgIpc) is 3.01. The van der Waals surface area contributed by atoms with Crippen LogP contribution < -0.4 is 5.32 Å². The molecule has 0 bridgehead atoms. The molecule has 6 nitrogen and oxygen atoms in total. The van der Waals surface area contributed by atoms with Crippen LogP contribution in [-0.4, -0.2) is 41.3 Å². The van der Waals surface area contributed by atoms with Crippen LogP contribution in [0.2, 0.25) is 0 Å². The van der Waals surface area contributed by atoms with Gasteiger partial charge in [-0.15, -0.1) is 0 Å². The first-order valence-electron chi connectivity index (χ1n) is 7.66. The Hall–Kier alpha value is -2.29. The Morgan fingerprint density at radius 2 is 2.14 bits per heavy atom. The summed E-state index contributed by atoms with van der Waals surface area (Å²) in [6, 6.07) is 3.52. The van der Waals surface area contributed by atoms with E-state index in [0.29, 0.717) is 23.7 Å². The summed E-state index contributed by atoms with van der Waals surface area (Å²) in [5.41, 5.74) is 0.856. The van der Waals surface area contributed by atoms with Crippen LogP contribution in [-0.2, 0) is 4.79 Å². The lowest BCUT2D eigenvalue weighted by Gasteiger charge is -2.33. The third kappa shape index (κ3) is 3.88. The van der Waals surface area contributed by atoms with Crippen LogP contribution in [0.1, 0.15) is 42.7 Å². The van der Waals surface area contributed by atoms with Gasteiger partial charge in [-0.05, 0) is 24.8 Å². The molecule has 0 aliphatic carbocycles. The van der Waals surface area contributed by atoms with Gasteiger partial charge in [0.1, 0.15) is 11.8 Å². The van der Waals surface area contributed by atoms with Gasteiger partial charge >= 0.3 is 0 Å². The number of carbonyl (C=O) groups excluding carboxylic acids is 2. The quantitative estimate of drug-likeness (QED) is 0.883. The van der Waals surface area contributed by atoms with Crippen LogP contribution in [0.3, 0.4) is 0 Å². The highest BCUT2D eigenvalue weighted by Crippen LogP contribution is 2.18. The fourth-order valence-electron chi connectivity index (χ4n) is 2.64. The van der Waals surface area contributed by atoms with E-state index in [1.807, 2.05) is 24.8 Å². The summed E-state index contributed by atoms with van der Waals surface area (Å²) < 4.78 is 0. The third-order valence-corrected chi connectivity index (χ3v) is 4.03. The summed E-state index contributed by atoms with van der Waals surface area (Å²) in [6.07, 6.45) is 3.34. The summed E-state index contributed by atoms with van der Waals surface area (Å²) in [6.45, 7) is 5.96. The number of hydrogen-bond acceptors (Lipinski definition) is 3. The predicted octanol–water partition coefficient (Wildman–Crippen LogP) is 1.51. The number of nitrogens with zero attached hydrogens (tertiary/aromatic N) is 2. The number of likely N-dealkylation sites (tertiary alicyclic amines) is 1. The maximum absolute atomic E-state index is 12.0. The standard InChI is InChI=1S/C16H22N4O2/c1-11(2)16(22)20-5-3-12(4-6-20)9-19-15(21)14-7-13(8-17)10-18-14/h7,10-12,18H,3-6,9H2,1-2H3,(H,19,21). The first-order chi connectivity index (χ1) is 10.5. The van der Waals surface area contributed by atoms with Crippen molar-refractivity contribution in [3.05, 3.63) is 23.5 Å². The van der Waals surface area contributed by atoms with Gasteiger partial charge in [-0.25, -0.2) is 0 Å². The number of amides is 2. The SMILES string of the molecule is CC(C)C(=O)N1CCC(CNC(=O)c2cc(C#N)c[nH]2)CC1. The van der Waals surface area contributed by atoms with Gasteiger partial charge in [0.2, 0.25) is 5.91 Å². The van der Waals surface area contributed by atoms with E-state index in [2.05, 4.69) is 10.3 Å². The topological polar surface area (TPSA) is 89.0 Å². The molecule has 0 aromatic carbocycles. The number of H-pyrrole nitrogens is 1. The lowest BCUT2D eigenvalue weighted by atomic mass is 9.96. The normalized spacial score (nSPS) is 15.6. The minimum Gasteiger partial charge on any atom is -0.356 e. The second-order valence-electron chi connectivity index (χ2n) is 6.05. The van der Waals surface area contributed by atoms with Crippen molar-refractivity contribution in [3.8, 4) is 6.07 Å². The van der Waals surface area contributed by atoms with Gasteiger partial charge in [0.05, 0.1) is 5.56 Å². The second-order valence-corrected chi connectivity index (χ2v) is 6.05. The van der Waals surface area contributed by atoms with Crippen LogP contribution in [0.4, 0.5) is 0 Å². The zero-order valence-electron chi connectivity index (χ0n) is 13.1. The van der Waals surface area contributed by atoms with Crippen molar-refractivity contribution < 1.29 is 9.59 Å². The number of aromatic nitrogens is 1. The van der Waals surface area contributed by atoms with Crippen molar-refractivity contribution >= 4 is 11.8 Å². The minimum atomic E-state index is -0.192. The number of nitriles is 1. The molecule has 1 aliphatic rings. The van der Waals surface area contributed by atoms with E-state index in [9.17, 15) is 9.59 Å². The Bertz CT molecular complexity index is 577. The highest BCUT2D eigenvalue weighted by Gasteiger charge is 2.24. The van der Waals surface area contributed by atoms with E-state index in [0.717, 1.165) is 25.9 Å². The molecule has 1 aromatic rings. The van der Waals surface area contributed by atoms with Crippen LogP contribution in [0.25, 0.3) is 0 Å². The van der Waals surface area contributed by atoms with Crippen LogP contribution in [0, 0.1) is 23.2 Å². The number of carbonyl (C=O) groups is 2. The fraction of sp³-hybridized carbons (Fsp3) is 0.562. The number of hydrogen-bond donors (Lipinski definition) is 2. The van der Waals surface area contributed by atoms with Crippen molar-refractivity contribution in [2.45, 2.75) is 26.7 Å². The van der Waals surface area contributed by atoms with Gasteiger partial charge in [-0.3, -0.25) is 9.59 Å². The molecule has 0 unspecified atom stereocenters. The summed E-state index contributed by atoms with van der Waals surface area (Å²) >= 11 is 0. The molecule has 118 valence electrons. The molecular weight excluding hydrogens is 280 g/mol. The van der Waals surface area contributed by atoms with Gasteiger partial charge in [0, 0.05) is 31.7 Å². The Balaban J connectivity index is 1.76. The third-order valence-electron chi connectivity index (χ3n) is 4.03. The number of piperidine rings is 1. The molecular formula is C16H22N4O2. The van der Waals surface area contributed by atoms with Crippen LogP contribution >= 0.6 is 0 Å². The molecule has 2 N–H and O–H groups in total. The molecule has 2 rings (SSSR count). The van der Waals surface area contributed by atoms with Crippen molar-refractivity contribution in [2.24, 2.45) is 11.8 Å². The molecule has 1 saturated heterocycles. The van der Waals surface area contributed by atoms with E-state index < -0.39 is 0 Å². The molecule has 0 radical (unpaired) electrons. The van der Waals surface area contributed by atoms with E-state index in [1.165, 1.54) is 6.20 Å². The monoisotopic (exact) mass is 302 g/mol. The predicted molar refractivity (Wildman–Crippen MR) is 82.0 cm³/mol. The van der Waals surface area contributed by atoms with E-state index in [-0.39, 0.29) is 17.7 Å². The van der Waals surface area contributed by atoms with Crippen LogP contribution in [0.15, 0.2) is 12.3 Å². The molecule has 0 spiro atoms. The molecule has 0 atom stereocenters. The lowest BCUT2D eigenvalue weighted by Crippen LogP contribution is -2.43. The molecule has 1 aromatic heterocycles. The van der Waals surface area contributed by atoms with Gasteiger partial charge in [-0.2, -0.15) is 5.26 Å². The van der Waals surface area contributed by atoms with Crippen molar-refractivity contribution in [3.63, 3.8) is 0 Å². The molecule has 1 fully saturated rings. The first-order valence-corrected chi connectivity index (χ1v) is 7.66. The van der Waals surface area contributed by atoms with E-state index in [4.69, 9.17) is 5.26 Å². The zero-order valence-corrected chi connectivity index (χ0v) is 13.1. The Morgan fingerprint density at radius 1 is 1.45 bits per heavy atom. The van der Waals surface area contributed by atoms with Crippen molar-refractivity contribution in [1.29, 1.82) is 5.26 Å². The number of rotatable bonds is 4. The summed E-state index contributed by atoms with van der Waals surface area (Å²) in [5.74, 6) is 0.448. The minimum absolute atomic E-state index is 0.0402. The summed E-state index contributed by atoms with van der Waals surface area (Å²) in [5, 5.41) is 11.6. The molecule has 2 amide bonds. The number of nitrogens with one attached hydrogen (secondary N) is 2. The van der Waals surface area contributed by atoms with Gasteiger partial charge in [0.15, 0.2) is 0 Å². The number of aromatic amines is 1. The largest absolute Gasteiger partial charge is 0.356 e. The van der Waals surface area contributed by atoms with Crippen molar-refractivity contribution in [2.75, 3.05) is 19.6 Å². The fourth-order valence-corrected chi connectivity index (χ4v) is 2.64. The van der Waals surface area contributed by atoms with Gasteiger partial charge < -0.3 is 15.2 Å². The summed E-state index contributed by atoms with van der Waals surface area (Å²) in [7, 11) is 0.